The maximum absolute atomic E-state index is 13.1. The fraction of sp³-hybridized carbons (Fsp3) is 0.656. The summed E-state index contributed by atoms with van der Waals surface area (Å²) >= 11 is 0. The molecule has 0 aliphatic carbocycles. The first-order valence-electron chi connectivity index (χ1n) is 16.7. The Labute approximate surface area is 290 Å². The zero-order valence-corrected chi connectivity index (χ0v) is 28.4. The number of aryl methyl sites for hydroxylation is 1. The number of carboxylic acids is 3. The highest BCUT2D eigenvalue weighted by Gasteiger charge is 2.35. The lowest BCUT2D eigenvalue weighted by molar-refractivity contribution is -0.144. The van der Waals surface area contributed by atoms with Crippen molar-refractivity contribution in [2.24, 2.45) is 0 Å². The first-order chi connectivity index (χ1) is 23.7. The highest BCUT2D eigenvalue weighted by Crippen LogP contribution is 2.20. The molecule has 3 rings (SSSR count). The number of likely N-dealkylation sites (tertiary alicyclic amines) is 1. The van der Waals surface area contributed by atoms with Crippen molar-refractivity contribution >= 4 is 35.5 Å². The van der Waals surface area contributed by atoms with Crippen LogP contribution in [0.3, 0.4) is 0 Å². The number of aliphatic hydroxyl groups excluding tert-OH is 1. The summed E-state index contributed by atoms with van der Waals surface area (Å²) in [6.07, 6.45) is 1.21. The zero-order chi connectivity index (χ0) is 36.8. The molecular weight excluding hydrogens is 658 g/mol. The smallest absolute Gasteiger partial charge is 0.317 e. The van der Waals surface area contributed by atoms with E-state index in [1.54, 1.807) is 20.8 Å². The number of aliphatic hydroxyl groups is 2. The molecule has 0 spiro atoms. The zero-order valence-electron chi connectivity index (χ0n) is 28.4. The summed E-state index contributed by atoms with van der Waals surface area (Å²) in [5, 5.41) is 49.8. The van der Waals surface area contributed by atoms with Crippen molar-refractivity contribution in [3.8, 4) is 0 Å². The number of nitrogens with zero attached hydrogens (tertiary/aromatic N) is 6. The lowest BCUT2D eigenvalue weighted by Crippen LogP contribution is -2.51. The van der Waals surface area contributed by atoms with Crippen molar-refractivity contribution in [2.75, 3.05) is 85.1 Å². The maximum Gasteiger partial charge on any atom is 0.317 e. The Morgan fingerprint density at radius 2 is 1.24 bits per heavy atom. The monoisotopic (exact) mass is 707 g/mol. The van der Waals surface area contributed by atoms with Crippen LogP contribution in [-0.4, -0.2) is 194 Å². The van der Waals surface area contributed by atoms with E-state index in [-0.39, 0.29) is 70.1 Å². The third-order valence-electron chi connectivity index (χ3n) is 8.80. The molecule has 2 aliphatic heterocycles. The van der Waals surface area contributed by atoms with Crippen LogP contribution in [0.25, 0.3) is 0 Å². The lowest BCUT2D eigenvalue weighted by atomic mass is 10.1. The van der Waals surface area contributed by atoms with Crippen LogP contribution in [0.15, 0.2) is 18.3 Å². The second-order valence-electron chi connectivity index (χ2n) is 12.7. The van der Waals surface area contributed by atoms with E-state index >= 15 is 0 Å². The normalized spacial score (nSPS) is 19.8. The molecule has 0 radical (unpaired) electrons. The Morgan fingerprint density at radius 1 is 0.760 bits per heavy atom. The van der Waals surface area contributed by atoms with Crippen molar-refractivity contribution in [2.45, 2.75) is 51.0 Å². The van der Waals surface area contributed by atoms with Crippen LogP contribution in [0, 0.1) is 0 Å². The van der Waals surface area contributed by atoms with Gasteiger partial charge in [-0.2, -0.15) is 0 Å². The van der Waals surface area contributed by atoms with Gasteiger partial charge in [0.15, 0.2) is 6.29 Å². The fourth-order valence-corrected chi connectivity index (χ4v) is 6.05. The van der Waals surface area contributed by atoms with E-state index in [4.69, 9.17) is 0 Å². The Balaban J connectivity index is 1.56. The number of rotatable bonds is 15. The van der Waals surface area contributed by atoms with Crippen molar-refractivity contribution in [1.29, 1.82) is 0 Å². The molecule has 6 N–H and O–H groups in total. The van der Waals surface area contributed by atoms with E-state index in [1.165, 1.54) is 24.1 Å². The number of hydrogen-bond acceptors (Lipinski definition) is 13. The van der Waals surface area contributed by atoms with Gasteiger partial charge in [0.1, 0.15) is 11.8 Å². The number of aliphatic carboxylic acids is 3. The number of hydrogen-bond donors (Lipinski definition) is 6. The van der Waals surface area contributed by atoms with Gasteiger partial charge in [0.25, 0.3) is 5.91 Å². The first kappa shape index (κ1) is 40.4. The highest BCUT2D eigenvalue weighted by atomic mass is 16.5. The largest absolute Gasteiger partial charge is 0.480 e. The van der Waals surface area contributed by atoms with Gasteiger partial charge in [-0.05, 0) is 38.3 Å². The average molecular weight is 708 g/mol. The van der Waals surface area contributed by atoms with Crippen molar-refractivity contribution in [1.82, 2.24) is 34.8 Å². The Morgan fingerprint density at radius 3 is 1.66 bits per heavy atom. The van der Waals surface area contributed by atoms with Crippen molar-refractivity contribution < 1.29 is 54.3 Å². The van der Waals surface area contributed by atoms with E-state index in [9.17, 15) is 54.3 Å². The van der Waals surface area contributed by atoms with Crippen molar-refractivity contribution in [3.63, 3.8) is 0 Å². The van der Waals surface area contributed by atoms with Gasteiger partial charge in [-0.3, -0.25) is 53.4 Å². The Hall–Kier alpha value is -4.07. The summed E-state index contributed by atoms with van der Waals surface area (Å²) in [6, 6.07) is 1.54. The third kappa shape index (κ3) is 13.7. The molecule has 2 amide bonds. The standard InChI is InChI=1S/C32H49N7O11/c1-22(31(48)39-8-2-3-26(39)32(49)50)34-30(47)23-4-5-24(33-17-23)6-7-25(40)18-35-9-11-36(19-27(41)42)13-15-38(21-29(45)46)16-14-37(12-10-35)20-28(43)44/h4-5,17,22,26,32,49-50H,2-3,6-16,18-21H2,1H3,(H,34,47)(H,41,42)(H,43,44)(H,45,46)/t22-,26+/m1/s1. The summed E-state index contributed by atoms with van der Waals surface area (Å²) in [6.45, 7) is 3.56. The van der Waals surface area contributed by atoms with Gasteiger partial charge in [0.2, 0.25) is 5.91 Å². The minimum absolute atomic E-state index is 0.0462. The number of Topliss-reactive ketones (excluding diaryl/α,β-unsaturated/α-hetero) is 1. The molecular formula is C32H49N7O11. The second-order valence-corrected chi connectivity index (χ2v) is 12.7. The quantitative estimate of drug-likeness (QED) is 0.103. The van der Waals surface area contributed by atoms with Crippen LogP contribution in [0.1, 0.15) is 42.2 Å². The summed E-state index contributed by atoms with van der Waals surface area (Å²) in [7, 11) is 0. The maximum atomic E-state index is 13.1. The number of nitrogens with one attached hydrogen (secondary N) is 1. The van der Waals surface area contributed by atoms with Crippen LogP contribution >= 0.6 is 0 Å². The van der Waals surface area contributed by atoms with E-state index in [0.717, 1.165) is 0 Å². The third-order valence-corrected chi connectivity index (χ3v) is 8.80. The topological polar surface area (TPSA) is 245 Å². The van der Waals surface area contributed by atoms with Crippen LogP contribution < -0.4 is 5.32 Å². The van der Waals surface area contributed by atoms with Crippen LogP contribution in [0.5, 0.6) is 0 Å². The number of amides is 2. The van der Waals surface area contributed by atoms with Crippen LogP contribution in [0.4, 0.5) is 0 Å². The Bertz CT molecular complexity index is 1300. The molecule has 1 aromatic heterocycles. The number of aromatic nitrogens is 1. The fourth-order valence-electron chi connectivity index (χ4n) is 6.05. The number of pyridine rings is 1. The molecule has 2 aliphatic rings. The van der Waals surface area contributed by atoms with Gasteiger partial charge in [0.05, 0.1) is 37.8 Å². The molecule has 0 aromatic carbocycles. The molecule has 2 saturated heterocycles. The molecule has 50 heavy (non-hydrogen) atoms. The van der Waals surface area contributed by atoms with E-state index in [2.05, 4.69) is 10.3 Å². The first-order valence-corrected chi connectivity index (χ1v) is 16.7. The molecule has 2 atom stereocenters. The molecule has 0 saturated carbocycles. The van der Waals surface area contributed by atoms with Crippen LogP contribution in [0.2, 0.25) is 0 Å². The van der Waals surface area contributed by atoms with Gasteiger partial charge in [-0.25, -0.2) is 0 Å². The van der Waals surface area contributed by atoms with Gasteiger partial charge in [0, 0.05) is 77.2 Å². The van der Waals surface area contributed by atoms with Gasteiger partial charge in [-0.15, -0.1) is 0 Å². The summed E-state index contributed by atoms with van der Waals surface area (Å²) < 4.78 is 0. The van der Waals surface area contributed by atoms with E-state index in [0.29, 0.717) is 57.7 Å². The molecule has 18 heteroatoms. The van der Waals surface area contributed by atoms with E-state index in [1.807, 2.05) is 4.90 Å². The number of carbonyl (C=O) groups is 6. The Kier molecular flexibility index (Phi) is 16.1. The summed E-state index contributed by atoms with van der Waals surface area (Å²) in [4.78, 5) is 85.6. The summed E-state index contributed by atoms with van der Waals surface area (Å²) in [5.41, 5.74) is 0.776. The minimum atomic E-state index is -1.66. The van der Waals surface area contributed by atoms with Crippen molar-refractivity contribution in [3.05, 3.63) is 29.6 Å². The molecule has 18 nitrogen and oxygen atoms in total. The summed E-state index contributed by atoms with van der Waals surface area (Å²) in [5.74, 6) is -4.15. The molecule has 0 unspecified atom stereocenters. The number of carbonyl (C=O) groups excluding carboxylic acids is 3. The van der Waals surface area contributed by atoms with Crippen LogP contribution in [-0.2, 0) is 30.4 Å². The predicted molar refractivity (Wildman–Crippen MR) is 176 cm³/mol. The predicted octanol–water partition coefficient (Wildman–Crippen LogP) is -2.52. The van der Waals surface area contributed by atoms with Gasteiger partial charge < -0.3 is 35.7 Å². The van der Waals surface area contributed by atoms with E-state index < -0.39 is 48.1 Å². The lowest BCUT2D eigenvalue weighted by Gasteiger charge is -2.32. The highest BCUT2D eigenvalue weighted by molar-refractivity contribution is 5.97. The number of carboxylic acid groups (broad SMARTS) is 3. The minimum Gasteiger partial charge on any atom is -0.480 e. The second kappa shape index (κ2) is 19.9. The molecule has 1 aromatic rings. The average Bonchev–Trinajstić information content (AvgIpc) is 3.55. The molecule has 3 heterocycles. The SMILES string of the molecule is C[C@@H](NC(=O)c1ccc(CCC(=O)CN2CCN(CC(=O)O)CCN(CC(=O)O)CCN(CC(=O)O)CC2)nc1)C(=O)N1CCC[C@H]1C(O)O. The van der Waals surface area contributed by atoms with Gasteiger partial charge >= 0.3 is 17.9 Å². The molecule has 0 bridgehead atoms. The molecule has 278 valence electrons. The molecule has 2 fully saturated rings. The van der Waals surface area contributed by atoms with Gasteiger partial charge in [-0.1, -0.05) is 0 Å². The number of ketones is 1.